The highest BCUT2D eigenvalue weighted by atomic mass is 35.5. The third-order valence-electron chi connectivity index (χ3n) is 6.03. The van der Waals surface area contributed by atoms with Crippen LogP contribution in [0.15, 0.2) is 54.6 Å². The van der Waals surface area contributed by atoms with E-state index in [2.05, 4.69) is 22.3 Å². The molecule has 2 aromatic carbocycles. The highest BCUT2D eigenvalue weighted by Gasteiger charge is 2.35. The predicted octanol–water partition coefficient (Wildman–Crippen LogP) is 2.55. The van der Waals surface area contributed by atoms with Crippen LogP contribution in [-0.4, -0.2) is 61.9 Å². The molecular weight excluding hydrogens is 428 g/mol. The molecule has 1 N–H and O–H groups in total. The number of benzene rings is 2. The van der Waals surface area contributed by atoms with Crippen molar-refractivity contribution >= 4 is 40.7 Å². The lowest BCUT2D eigenvalue weighted by Crippen LogP contribution is -2.49. The normalized spacial score (nSPS) is 18.7. The third-order valence-corrected chi connectivity index (χ3v) is 6.28. The van der Waals surface area contributed by atoms with Crippen molar-refractivity contribution in [2.75, 3.05) is 49.1 Å². The zero-order valence-corrected chi connectivity index (χ0v) is 18.6. The summed E-state index contributed by atoms with van der Waals surface area (Å²) in [6.45, 7) is 3.56. The van der Waals surface area contributed by atoms with Crippen LogP contribution in [0, 0.1) is 5.92 Å². The van der Waals surface area contributed by atoms with Crippen molar-refractivity contribution in [1.82, 2.24) is 10.2 Å². The summed E-state index contributed by atoms with van der Waals surface area (Å²) in [6.07, 6.45) is 0.433. The SMILES string of the molecule is O=C(NCCC(=O)N1CCN(c2ccccc2)CC1)C1CC(=O)N(c2ccc(Cl)cc2)C1. The fourth-order valence-electron chi connectivity index (χ4n) is 4.20. The average Bonchev–Trinajstić information content (AvgIpc) is 3.22. The zero-order valence-electron chi connectivity index (χ0n) is 17.9. The van der Waals surface area contributed by atoms with E-state index in [1.54, 1.807) is 29.2 Å². The van der Waals surface area contributed by atoms with Crippen LogP contribution in [0.2, 0.25) is 5.02 Å². The summed E-state index contributed by atoms with van der Waals surface area (Å²) in [4.78, 5) is 43.2. The summed E-state index contributed by atoms with van der Waals surface area (Å²) in [5.41, 5.74) is 1.91. The smallest absolute Gasteiger partial charge is 0.227 e. The lowest BCUT2D eigenvalue weighted by molar-refractivity contribution is -0.131. The predicted molar refractivity (Wildman–Crippen MR) is 125 cm³/mol. The molecular formula is C24H27ClN4O3. The summed E-state index contributed by atoms with van der Waals surface area (Å²) in [5, 5.41) is 3.43. The van der Waals surface area contributed by atoms with Gasteiger partial charge in [0.2, 0.25) is 17.7 Å². The first-order valence-electron chi connectivity index (χ1n) is 10.9. The number of para-hydroxylation sites is 1. The molecule has 1 unspecified atom stereocenters. The van der Waals surface area contributed by atoms with E-state index in [4.69, 9.17) is 11.6 Å². The number of anilines is 2. The third kappa shape index (κ3) is 5.22. The Kier molecular flexibility index (Phi) is 6.95. The van der Waals surface area contributed by atoms with Gasteiger partial charge >= 0.3 is 0 Å². The van der Waals surface area contributed by atoms with E-state index in [0.29, 0.717) is 24.7 Å². The van der Waals surface area contributed by atoms with Crippen molar-refractivity contribution in [3.8, 4) is 0 Å². The second kappa shape index (κ2) is 10.0. The maximum atomic E-state index is 12.5. The Hall–Kier alpha value is -3.06. The van der Waals surface area contributed by atoms with Crippen LogP contribution in [0.1, 0.15) is 12.8 Å². The Labute approximate surface area is 192 Å². The minimum Gasteiger partial charge on any atom is -0.368 e. The molecule has 0 saturated carbocycles. The molecule has 168 valence electrons. The Morgan fingerprint density at radius 2 is 1.62 bits per heavy atom. The largest absolute Gasteiger partial charge is 0.368 e. The first kappa shape index (κ1) is 22.1. The molecule has 0 aromatic heterocycles. The number of carbonyl (C=O) groups is 3. The molecule has 0 spiro atoms. The van der Waals surface area contributed by atoms with Crippen LogP contribution in [0.3, 0.4) is 0 Å². The minimum absolute atomic E-state index is 0.0447. The van der Waals surface area contributed by atoms with Crippen molar-refractivity contribution in [3.05, 3.63) is 59.6 Å². The van der Waals surface area contributed by atoms with Gasteiger partial charge in [0.25, 0.3) is 0 Å². The molecule has 4 rings (SSSR count). The van der Waals surface area contributed by atoms with E-state index in [0.717, 1.165) is 18.8 Å². The molecule has 2 saturated heterocycles. The van der Waals surface area contributed by atoms with E-state index in [1.807, 2.05) is 23.1 Å². The van der Waals surface area contributed by atoms with Crippen LogP contribution in [0.25, 0.3) is 0 Å². The Morgan fingerprint density at radius 3 is 2.31 bits per heavy atom. The Morgan fingerprint density at radius 1 is 0.938 bits per heavy atom. The van der Waals surface area contributed by atoms with Crippen molar-refractivity contribution in [1.29, 1.82) is 0 Å². The highest BCUT2D eigenvalue weighted by Crippen LogP contribution is 2.26. The Balaban J connectivity index is 1.19. The second-order valence-electron chi connectivity index (χ2n) is 8.13. The first-order valence-corrected chi connectivity index (χ1v) is 11.3. The van der Waals surface area contributed by atoms with Gasteiger partial charge in [-0.2, -0.15) is 0 Å². The zero-order chi connectivity index (χ0) is 22.5. The molecule has 2 heterocycles. The summed E-state index contributed by atoms with van der Waals surface area (Å²) in [7, 11) is 0. The number of rotatable bonds is 6. The van der Waals surface area contributed by atoms with Gasteiger partial charge in [-0.25, -0.2) is 0 Å². The average molecular weight is 455 g/mol. The van der Waals surface area contributed by atoms with E-state index in [1.165, 1.54) is 5.69 Å². The molecule has 3 amide bonds. The van der Waals surface area contributed by atoms with Crippen molar-refractivity contribution in [2.24, 2.45) is 5.92 Å². The van der Waals surface area contributed by atoms with Crippen molar-refractivity contribution in [3.63, 3.8) is 0 Å². The molecule has 32 heavy (non-hydrogen) atoms. The van der Waals surface area contributed by atoms with Crippen LogP contribution < -0.4 is 15.1 Å². The molecule has 0 radical (unpaired) electrons. The first-order chi connectivity index (χ1) is 15.5. The summed E-state index contributed by atoms with van der Waals surface area (Å²) >= 11 is 5.91. The minimum atomic E-state index is -0.414. The van der Waals surface area contributed by atoms with Gasteiger partial charge in [0, 0.05) is 68.5 Å². The molecule has 2 fully saturated rings. The van der Waals surface area contributed by atoms with Gasteiger partial charge in [0.05, 0.1) is 5.92 Å². The van der Waals surface area contributed by atoms with Crippen molar-refractivity contribution < 1.29 is 14.4 Å². The number of hydrogen-bond acceptors (Lipinski definition) is 4. The lowest BCUT2D eigenvalue weighted by atomic mass is 10.1. The number of piperazine rings is 1. The van der Waals surface area contributed by atoms with E-state index >= 15 is 0 Å². The molecule has 0 bridgehead atoms. The van der Waals surface area contributed by atoms with E-state index in [-0.39, 0.29) is 37.1 Å². The second-order valence-corrected chi connectivity index (χ2v) is 8.56. The maximum Gasteiger partial charge on any atom is 0.227 e. The summed E-state index contributed by atoms with van der Waals surface area (Å²) in [6, 6.07) is 17.2. The maximum absolute atomic E-state index is 12.5. The van der Waals surface area contributed by atoms with Crippen LogP contribution >= 0.6 is 11.6 Å². The van der Waals surface area contributed by atoms with Crippen LogP contribution in [0.4, 0.5) is 11.4 Å². The van der Waals surface area contributed by atoms with Gasteiger partial charge < -0.3 is 20.0 Å². The van der Waals surface area contributed by atoms with Gasteiger partial charge in [0.15, 0.2) is 0 Å². The molecule has 7 nitrogen and oxygen atoms in total. The molecule has 2 aliphatic heterocycles. The number of nitrogens with one attached hydrogen (secondary N) is 1. The molecule has 2 aromatic rings. The highest BCUT2D eigenvalue weighted by molar-refractivity contribution is 6.30. The van der Waals surface area contributed by atoms with Gasteiger partial charge in [-0.1, -0.05) is 29.8 Å². The molecule has 2 aliphatic rings. The van der Waals surface area contributed by atoms with Gasteiger partial charge in [-0.05, 0) is 36.4 Å². The molecule has 1 atom stereocenters. The number of amides is 3. The monoisotopic (exact) mass is 454 g/mol. The summed E-state index contributed by atoms with van der Waals surface area (Å²) < 4.78 is 0. The standard InChI is InChI=1S/C24H27ClN4O3/c25-19-6-8-21(9-7-19)29-17-18(16-23(29)31)24(32)26-11-10-22(30)28-14-12-27(13-15-28)20-4-2-1-3-5-20/h1-9,18H,10-17H2,(H,26,32). The number of carbonyl (C=O) groups excluding carboxylic acids is 3. The Bertz CT molecular complexity index is 959. The van der Waals surface area contributed by atoms with E-state index < -0.39 is 5.92 Å². The number of hydrogen-bond donors (Lipinski definition) is 1. The van der Waals surface area contributed by atoms with E-state index in [9.17, 15) is 14.4 Å². The van der Waals surface area contributed by atoms with Crippen LogP contribution in [0.5, 0.6) is 0 Å². The lowest BCUT2D eigenvalue weighted by Gasteiger charge is -2.36. The van der Waals surface area contributed by atoms with Gasteiger partial charge in [-0.3, -0.25) is 14.4 Å². The van der Waals surface area contributed by atoms with Gasteiger partial charge in [0.1, 0.15) is 0 Å². The van der Waals surface area contributed by atoms with Crippen molar-refractivity contribution in [2.45, 2.75) is 12.8 Å². The summed E-state index contributed by atoms with van der Waals surface area (Å²) in [5.74, 6) is -0.637. The quantitative estimate of drug-likeness (QED) is 0.728. The van der Waals surface area contributed by atoms with Gasteiger partial charge in [-0.15, -0.1) is 0 Å². The fourth-order valence-corrected chi connectivity index (χ4v) is 4.33. The fraction of sp³-hybridized carbons (Fsp3) is 0.375. The molecule has 0 aliphatic carbocycles. The molecule has 8 heteroatoms. The topological polar surface area (TPSA) is 73.0 Å². The number of halogens is 1. The van der Waals surface area contributed by atoms with Crippen LogP contribution in [-0.2, 0) is 14.4 Å². The number of nitrogens with zero attached hydrogens (tertiary/aromatic N) is 3.